The Morgan fingerprint density at radius 2 is 1.83 bits per heavy atom. The van der Waals surface area contributed by atoms with Crippen molar-refractivity contribution in [3.63, 3.8) is 0 Å². The molecule has 4 aromatic rings. The van der Waals surface area contributed by atoms with E-state index in [1.54, 1.807) is 40.4 Å². The molecule has 0 spiro atoms. The van der Waals surface area contributed by atoms with Crippen LogP contribution in [0.1, 0.15) is 49.4 Å². The number of nitro groups is 1. The number of carbonyl (C=O) groups is 3. The first-order valence-electron chi connectivity index (χ1n) is 12.6. The van der Waals surface area contributed by atoms with E-state index in [4.69, 9.17) is 11.5 Å². The first-order chi connectivity index (χ1) is 20.0. The monoisotopic (exact) mass is 687 g/mol. The van der Waals surface area contributed by atoms with Crippen molar-refractivity contribution >= 4 is 40.5 Å². The van der Waals surface area contributed by atoms with Gasteiger partial charge in [0.25, 0.3) is 0 Å². The van der Waals surface area contributed by atoms with Crippen LogP contribution in [-0.4, -0.2) is 51.7 Å². The molecule has 42 heavy (non-hydrogen) atoms. The summed E-state index contributed by atoms with van der Waals surface area (Å²) in [4.78, 5) is 56.4. The number of aromatic nitrogens is 5. The molecular formula is C26H28IN10O5-. The van der Waals surface area contributed by atoms with Gasteiger partial charge >= 0.3 is 192 Å². The van der Waals surface area contributed by atoms with Crippen LogP contribution in [-0.2, 0) is 13.1 Å². The predicted molar refractivity (Wildman–Crippen MR) is 150 cm³/mol. The Morgan fingerprint density at radius 3 is 2.50 bits per heavy atom. The fourth-order valence-electron chi connectivity index (χ4n) is 4.29. The molecule has 3 amide bonds. The second kappa shape index (κ2) is 12.8. The third kappa shape index (κ3) is 6.70. The van der Waals surface area contributed by atoms with Gasteiger partial charge in [-0.15, -0.1) is 0 Å². The Kier molecular flexibility index (Phi) is 9.14. The van der Waals surface area contributed by atoms with Gasteiger partial charge in [-0.1, -0.05) is 0 Å². The molecule has 1 aromatic carbocycles. The number of fused-ring (bicyclic) bond motifs is 1. The summed E-state index contributed by atoms with van der Waals surface area (Å²) in [5.41, 5.74) is 14.2. The number of rotatable bonds is 12. The maximum absolute atomic E-state index is 13.2. The molecule has 0 unspecified atom stereocenters. The van der Waals surface area contributed by atoms with Crippen LogP contribution in [0.5, 0.6) is 0 Å². The van der Waals surface area contributed by atoms with Crippen molar-refractivity contribution in [2.45, 2.75) is 33.9 Å². The number of primary amides is 2. The molecule has 3 heterocycles. The topological polar surface area (TPSA) is 219 Å². The number of hydrogen-bond acceptors (Lipinski definition) is 9. The van der Waals surface area contributed by atoms with Gasteiger partial charge in [0.1, 0.15) is 0 Å². The average molecular weight is 687 g/mol. The zero-order valence-corrected chi connectivity index (χ0v) is 25.1. The van der Waals surface area contributed by atoms with Crippen molar-refractivity contribution in [2.24, 2.45) is 11.5 Å². The van der Waals surface area contributed by atoms with E-state index in [0.29, 0.717) is 50.5 Å². The number of nitrogens with zero attached hydrogens (tertiary/aromatic N) is 6. The van der Waals surface area contributed by atoms with E-state index in [2.05, 4.69) is 25.7 Å². The molecule has 0 aliphatic rings. The molecule has 3 aromatic heterocycles. The number of halogens is 1. The van der Waals surface area contributed by atoms with Crippen molar-refractivity contribution in [3.05, 3.63) is 84.4 Å². The molecule has 0 saturated heterocycles. The summed E-state index contributed by atoms with van der Waals surface area (Å²) in [5.74, 6) is -1.14. The molecule has 0 aliphatic carbocycles. The van der Waals surface area contributed by atoms with E-state index in [9.17, 15) is 24.5 Å². The molecule has 0 aliphatic heterocycles. The number of anilines is 2. The molecule has 15 nitrogen and oxygen atoms in total. The number of amides is 3. The van der Waals surface area contributed by atoms with Crippen molar-refractivity contribution in [2.75, 3.05) is 17.2 Å². The van der Waals surface area contributed by atoms with Gasteiger partial charge in [-0.25, -0.2) is 0 Å². The molecule has 0 atom stereocenters. The fraction of sp³-hybridized carbons (Fsp3) is 0.231. The summed E-state index contributed by atoms with van der Waals surface area (Å²) in [7, 11) is 0. The van der Waals surface area contributed by atoms with Crippen LogP contribution in [0, 0.1) is 27.5 Å². The molecule has 16 heteroatoms. The zero-order valence-electron chi connectivity index (χ0n) is 22.9. The second-order valence-electron chi connectivity index (χ2n) is 9.08. The number of carbonyl (C=O) groups excluding carboxylic acids is 3. The Balaban J connectivity index is 1.60. The number of imidazole rings is 1. The van der Waals surface area contributed by atoms with E-state index in [1.165, 1.54) is 12.3 Å². The molecular weight excluding hydrogens is 659 g/mol. The Bertz CT molecular complexity index is 1740. The Labute approximate surface area is 250 Å². The van der Waals surface area contributed by atoms with Crippen LogP contribution < -0.4 is 43.6 Å². The number of aryl methyl sites for hydroxylation is 3. The standard InChI is InChI=1S/C26H28IN10O5/c1-4-36-20(10-15(3)34-36)25(40)33-26-32-19-12-16(22(28)38)9-14(2)21(19)35(26)8-6-5-7-30-24-18(27-37(41)42)11-17(13-31-24)23(29)39/h5-6,9-13H,4,7-8H2,1-3H3,(H2,28,38)(H2,29,39)(H,30,31)(H,32,33,40)/q-1/b6-5+. The van der Waals surface area contributed by atoms with E-state index in [0.717, 1.165) is 5.56 Å². The van der Waals surface area contributed by atoms with Gasteiger partial charge in [0, 0.05) is 6.54 Å². The number of nitrogens with one attached hydrogen (secondary N) is 2. The Hall–Kier alpha value is -4.87. The van der Waals surface area contributed by atoms with Crippen LogP contribution in [0.15, 0.2) is 42.6 Å². The van der Waals surface area contributed by atoms with Gasteiger partial charge in [-0.05, 0) is 19.9 Å². The van der Waals surface area contributed by atoms with E-state index in [-0.39, 0.29) is 24.0 Å². The van der Waals surface area contributed by atoms with Crippen molar-refractivity contribution in [1.82, 2.24) is 24.3 Å². The number of allylic oxidation sites excluding steroid dienone is 1. The maximum atomic E-state index is 13.2. The van der Waals surface area contributed by atoms with Gasteiger partial charge in [-0.2, -0.15) is 5.10 Å². The summed E-state index contributed by atoms with van der Waals surface area (Å²) in [5, 5.41) is 21.4. The summed E-state index contributed by atoms with van der Waals surface area (Å²) in [6, 6.07) is 6.31. The van der Waals surface area contributed by atoms with Crippen LogP contribution in [0.3, 0.4) is 0 Å². The molecule has 6 N–H and O–H groups in total. The summed E-state index contributed by atoms with van der Waals surface area (Å²) in [6.07, 6.45) is 4.88. The number of hydrogen-bond donors (Lipinski definition) is 4. The predicted octanol–water partition coefficient (Wildman–Crippen LogP) is -1.17. The molecule has 0 fully saturated rings. The minimum absolute atomic E-state index is 0.0983. The average Bonchev–Trinajstić information content (AvgIpc) is 3.48. The first-order valence-corrected chi connectivity index (χ1v) is 14.7. The van der Waals surface area contributed by atoms with Gasteiger partial charge in [0.15, 0.2) is 0 Å². The minimum atomic E-state index is -1.65. The van der Waals surface area contributed by atoms with Crippen LogP contribution >= 0.6 is 0 Å². The van der Waals surface area contributed by atoms with E-state index >= 15 is 0 Å². The van der Waals surface area contributed by atoms with Crippen LogP contribution in [0.2, 0.25) is 0 Å². The molecule has 220 valence electrons. The van der Waals surface area contributed by atoms with Crippen LogP contribution in [0.25, 0.3) is 11.0 Å². The van der Waals surface area contributed by atoms with Crippen LogP contribution in [0.4, 0.5) is 11.8 Å². The van der Waals surface area contributed by atoms with E-state index < -0.39 is 36.4 Å². The van der Waals surface area contributed by atoms with Gasteiger partial charge in [0.05, 0.1) is 5.69 Å². The number of pyridine rings is 1. The zero-order chi connectivity index (χ0) is 30.6. The van der Waals surface area contributed by atoms with Gasteiger partial charge in [-0.3, -0.25) is 9.48 Å². The number of nitrogens with two attached hydrogens (primary N) is 2. The molecule has 0 saturated carbocycles. The fourth-order valence-corrected chi connectivity index (χ4v) is 5.75. The second-order valence-corrected chi connectivity index (χ2v) is 11.5. The summed E-state index contributed by atoms with van der Waals surface area (Å²) < 4.78 is 3.31. The van der Waals surface area contributed by atoms with Gasteiger partial charge in [0.2, 0.25) is 5.91 Å². The summed E-state index contributed by atoms with van der Waals surface area (Å²) in [6.45, 7) is 6.58. The van der Waals surface area contributed by atoms with Gasteiger partial charge < -0.3 is 5.73 Å². The number of benzene rings is 1. The normalized spacial score (nSPS) is 11.3. The SMILES string of the molecule is CCn1nc(C)cc1C(=O)Nc1nc2cc(C(N)=O)cc(C)c2n1C/C=C/CNc1ncc(C(N)=O)cc1[I-][N+](=O)[O-]. The van der Waals surface area contributed by atoms with E-state index in [1.807, 2.05) is 19.9 Å². The third-order valence-corrected chi connectivity index (χ3v) is 7.84. The molecule has 0 radical (unpaired) electrons. The molecule has 0 bridgehead atoms. The Morgan fingerprint density at radius 1 is 1.10 bits per heavy atom. The van der Waals surface area contributed by atoms with Crippen molar-refractivity contribution < 1.29 is 39.0 Å². The molecule has 4 rings (SSSR count). The summed E-state index contributed by atoms with van der Waals surface area (Å²) >= 11 is -1.65. The van der Waals surface area contributed by atoms with Crippen molar-refractivity contribution in [1.29, 1.82) is 0 Å². The van der Waals surface area contributed by atoms with Crippen molar-refractivity contribution in [3.8, 4) is 0 Å². The third-order valence-electron chi connectivity index (χ3n) is 6.10. The quantitative estimate of drug-likeness (QED) is 0.0463. The first kappa shape index (κ1) is 30.1.